The summed E-state index contributed by atoms with van der Waals surface area (Å²) >= 11 is 0. The number of aromatic nitrogens is 1. The van der Waals surface area contributed by atoms with Crippen molar-refractivity contribution in [3.05, 3.63) is 30.1 Å². The van der Waals surface area contributed by atoms with Crippen LogP contribution in [0.5, 0.6) is 0 Å². The number of hydrogen-bond acceptors (Lipinski definition) is 4. The first-order chi connectivity index (χ1) is 11.3. The lowest BCUT2D eigenvalue weighted by Gasteiger charge is -2.32. The number of carbonyl (C=O) groups excluding carboxylic acids is 2. The zero-order valence-electron chi connectivity index (χ0n) is 13.0. The third-order valence-corrected chi connectivity index (χ3v) is 3.74. The number of hydrazone groups is 1. The van der Waals surface area contributed by atoms with Gasteiger partial charge < -0.3 is 4.90 Å². The van der Waals surface area contributed by atoms with Crippen LogP contribution in [0.25, 0.3) is 0 Å². The molecule has 2 heterocycles. The topological polar surface area (TPSA) is 74.7 Å². The molecule has 1 N–H and O–H groups in total. The maximum atomic E-state index is 12.5. The lowest BCUT2D eigenvalue weighted by molar-refractivity contribution is -0.187. The first-order valence-electron chi connectivity index (χ1n) is 7.39. The minimum atomic E-state index is -4.92. The molecular weight excluding hydrogens is 325 g/mol. The van der Waals surface area contributed by atoms with Crippen molar-refractivity contribution in [1.82, 2.24) is 15.3 Å². The fourth-order valence-electron chi connectivity index (χ4n) is 2.43. The van der Waals surface area contributed by atoms with E-state index < -0.39 is 23.9 Å². The Morgan fingerprint density at radius 3 is 2.79 bits per heavy atom. The summed E-state index contributed by atoms with van der Waals surface area (Å²) in [7, 11) is 0. The number of piperidine rings is 1. The van der Waals surface area contributed by atoms with Crippen molar-refractivity contribution in [3.63, 3.8) is 0 Å². The van der Waals surface area contributed by atoms with Crippen molar-refractivity contribution < 1.29 is 22.8 Å². The molecule has 1 aliphatic rings. The van der Waals surface area contributed by atoms with Crippen molar-refractivity contribution in [2.45, 2.75) is 25.9 Å². The monoisotopic (exact) mass is 342 g/mol. The Morgan fingerprint density at radius 1 is 1.42 bits per heavy atom. The molecule has 1 aromatic heterocycles. The van der Waals surface area contributed by atoms with Gasteiger partial charge in [0, 0.05) is 31.0 Å². The predicted octanol–water partition coefficient (Wildman–Crippen LogP) is 1.72. The molecule has 1 aliphatic heterocycles. The molecule has 24 heavy (non-hydrogen) atoms. The van der Waals surface area contributed by atoms with E-state index in [9.17, 15) is 22.8 Å². The Kier molecular flexibility index (Phi) is 5.53. The van der Waals surface area contributed by atoms with Crippen LogP contribution in [0.15, 0.2) is 29.6 Å². The van der Waals surface area contributed by atoms with Gasteiger partial charge in [0.05, 0.1) is 11.6 Å². The summed E-state index contributed by atoms with van der Waals surface area (Å²) in [6.07, 6.45) is -0.994. The smallest absolute Gasteiger partial charge is 0.334 e. The largest absolute Gasteiger partial charge is 0.471 e. The predicted molar refractivity (Wildman–Crippen MR) is 79.9 cm³/mol. The van der Waals surface area contributed by atoms with Gasteiger partial charge in [-0.25, -0.2) is 5.43 Å². The highest BCUT2D eigenvalue weighted by Gasteiger charge is 2.44. The van der Waals surface area contributed by atoms with E-state index in [0.717, 1.165) is 5.56 Å². The van der Waals surface area contributed by atoms with Crippen LogP contribution in [-0.4, -0.2) is 46.7 Å². The molecule has 130 valence electrons. The average molecular weight is 342 g/mol. The second kappa shape index (κ2) is 7.41. The minimum absolute atomic E-state index is 0.000103. The summed E-state index contributed by atoms with van der Waals surface area (Å²) in [6.45, 7) is 1.42. The minimum Gasteiger partial charge on any atom is -0.334 e. The fraction of sp³-hybridized carbons (Fsp3) is 0.467. The first-order valence-corrected chi connectivity index (χ1v) is 7.39. The Morgan fingerprint density at radius 2 is 2.17 bits per heavy atom. The van der Waals surface area contributed by atoms with E-state index in [0.29, 0.717) is 23.5 Å². The lowest BCUT2D eigenvalue weighted by atomic mass is 9.97. The zero-order chi connectivity index (χ0) is 17.7. The van der Waals surface area contributed by atoms with Crippen LogP contribution in [0, 0.1) is 5.92 Å². The Hall–Kier alpha value is -2.45. The number of likely N-dealkylation sites (tertiary alicyclic amines) is 1. The van der Waals surface area contributed by atoms with Crippen LogP contribution in [0.4, 0.5) is 13.2 Å². The van der Waals surface area contributed by atoms with Gasteiger partial charge in [-0.05, 0) is 25.8 Å². The molecule has 1 fully saturated rings. The van der Waals surface area contributed by atoms with Crippen molar-refractivity contribution in [3.8, 4) is 0 Å². The molecule has 1 saturated heterocycles. The molecule has 9 heteroatoms. The number of carbonyl (C=O) groups is 2. The standard InChI is InChI=1S/C15H17F3N4O2/c1-10(11-4-2-6-19-8-11)20-21-13(23)12-5-3-7-22(9-12)14(24)15(16,17)18/h2,4,6,8,12H,3,5,7,9H2,1H3,(H,21,23)/b20-10-/t12-/m0/s1. The number of amides is 2. The number of rotatable bonds is 3. The van der Waals surface area contributed by atoms with Crippen molar-refractivity contribution >= 4 is 17.5 Å². The Labute approximate surface area is 136 Å². The molecule has 1 aromatic rings. The van der Waals surface area contributed by atoms with Gasteiger partial charge >= 0.3 is 12.1 Å². The molecule has 0 unspecified atom stereocenters. The number of nitrogens with one attached hydrogen (secondary N) is 1. The molecule has 2 rings (SSSR count). The molecular formula is C15H17F3N4O2. The number of hydrogen-bond donors (Lipinski definition) is 1. The van der Waals surface area contributed by atoms with Gasteiger partial charge in [-0.3, -0.25) is 14.6 Å². The number of pyridine rings is 1. The molecule has 0 radical (unpaired) electrons. The quantitative estimate of drug-likeness (QED) is 0.671. The Bertz CT molecular complexity index is 631. The van der Waals surface area contributed by atoms with Crippen LogP contribution < -0.4 is 5.43 Å². The maximum Gasteiger partial charge on any atom is 0.471 e. The van der Waals surface area contributed by atoms with Gasteiger partial charge in [0.15, 0.2) is 0 Å². The van der Waals surface area contributed by atoms with Gasteiger partial charge in [-0.2, -0.15) is 18.3 Å². The molecule has 0 spiro atoms. The zero-order valence-corrected chi connectivity index (χ0v) is 13.0. The SMILES string of the molecule is C/C(=N/NC(=O)[C@H]1CCCN(C(=O)C(F)(F)F)C1)c1cccnc1. The summed E-state index contributed by atoms with van der Waals surface area (Å²) < 4.78 is 37.5. The van der Waals surface area contributed by atoms with E-state index in [1.165, 1.54) is 0 Å². The summed E-state index contributed by atoms with van der Waals surface area (Å²) in [6, 6.07) is 3.49. The van der Waals surface area contributed by atoms with Gasteiger partial charge in [-0.15, -0.1) is 0 Å². The van der Waals surface area contributed by atoms with E-state index in [4.69, 9.17) is 0 Å². The molecule has 0 aromatic carbocycles. The molecule has 0 bridgehead atoms. The van der Waals surface area contributed by atoms with Gasteiger partial charge in [0.1, 0.15) is 0 Å². The van der Waals surface area contributed by atoms with Gasteiger partial charge in [-0.1, -0.05) is 6.07 Å². The van der Waals surface area contributed by atoms with Crippen LogP contribution in [-0.2, 0) is 9.59 Å². The molecule has 0 aliphatic carbocycles. The van der Waals surface area contributed by atoms with E-state index in [1.807, 2.05) is 0 Å². The first kappa shape index (κ1) is 17.9. The fourth-order valence-corrected chi connectivity index (χ4v) is 2.43. The van der Waals surface area contributed by atoms with E-state index in [1.54, 1.807) is 31.5 Å². The van der Waals surface area contributed by atoms with Crippen LogP contribution >= 0.6 is 0 Å². The highest BCUT2D eigenvalue weighted by Crippen LogP contribution is 2.23. The van der Waals surface area contributed by atoms with Crippen LogP contribution in [0.3, 0.4) is 0 Å². The molecule has 1 atom stereocenters. The molecule has 2 amide bonds. The number of nitrogens with zero attached hydrogens (tertiary/aromatic N) is 3. The third kappa shape index (κ3) is 4.53. The van der Waals surface area contributed by atoms with Gasteiger partial charge in [0.2, 0.25) is 5.91 Å². The lowest BCUT2D eigenvalue weighted by Crippen LogP contribution is -2.49. The van der Waals surface area contributed by atoms with E-state index in [2.05, 4.69) is 15.5 Å². The van der Waals surface area contributed by atoms with E-state index in [-0.39, 0.29) is 13.1 Å². The number of halogens is 3. The van der Waals surface area contributed by atoms with Crippen molar-refractivity contribution in [2.75, 3.05) is 13.1 Å². The molecule has 0 saturated carbocycles. The third-order valence-electron chi connectivity index (χ3n) is 3.74. The normalized spacial score (nSPS) is 19.1. The summed E-state index contributed by atoms with van der Waals surface area (Å²) in [4.78, 5) is 28.0. The van der Waals surface area contributed by atoms with Gasteiger partial charge in [0.25, 0.3) is 0 Å². The Balaban J connectivity index is 1.96. The summed E-state index contributed by atoms with van der Waals surface area (Å²) in [5.41, 5.74) is 3.59. The second-order valence-electron chi connectivity index (χ2n) is 5.50. The van der Waals surface area contributed by atoms with E-state index >= 15 is 0 Å². The second-order valence-corrected chi connectivity index (χ2v) is 5.50. The van der Waals surface area contributed by atoms with Crippen molar-refractivity contribution in [2.24, 2.45) is 11.0 Å². The summed E-state index contributed by atoms with van der Waals surface area (Å²) in [5.74, 6) is -3.12. The maximum absolute atomic E-state index is 12.5. The van der Waals surface area contributed by atoms with Crippen LogP contribution in [0.1, 0.15) is 25.3 Å². The highest BCUT2D eigenvalue weighted by atomic mass is 19.4. The molecule has 6 nitrogen and oxygen atoms in total. The van der Waals surface area contributed by atoms with Crippen LogP contribution in [0.2, 0.25) is 0 Å². The van der Waals surface area contributed by atoms with Crippen molar-refractivity contribution in [1.29, 1.82) is 0 Å². The highest BCUT2D eigenvalue weighted by molar-refractivity contribution is 5.99. The average Bonchev–Trinajstić information content (AvgIpc) is 2.58. The number of alkyl halides is 3. The summed E-state index contributed by atoms with van der Waals surface area (Å²) in [5, 5.41) is 3.94.